The Morgan fingerprint density at radius 3 is 2.19 bits per heavy atom. The summed E-state index contributed by atoms with van der Waals surface area (Å²) in [5.41, 5.74) is 7.82. The molecule has 0 bridgehead atoms. The number of esters is 1. The van der Waals surface area contributed by atoms with E-state index in [-0.39, 0.29) is 37.3 Å². The minimum Gasteiger partial charge on any atom is -0.467 e. The van der Waals surface area contributed by atoms with Crippen LogP contribution in [0.15, 0.2) is 146 Å². The van der Waals surface area contributed by atoms with Crippen molar-refractivity contribution in [3.05, 3.63) is 179 Å². The molecule has 1 aliphatic heterocycles. The van der Waals surface area contributed by atoms with Gasteiger partial charge in [-0.05, 0) is 69.8 Å². The third-order valence-corrected chi connectivity index (χ3v) is 11.5. The highest BCUT2D eigenvalue weighted by Gasteiger charge is 2.39. The van der Waals surface area contributed by atoms with Crippen LogP contribution in [0.1, 0.15) is 65.7 Å². The lowest BCUT2D eigenvalue weighted by atomic mass is 9.89. The van der Waals surface area contributed by atoms with Crippen molar-refractivity contribution < 1.29 is 28.9 Å². The Morgan fingerprint density at radius 1 is 0.780 bits per heavy atom. The van der Waals surface area contributed by atoms with Crippen LogP contribution in [0.3, 0.4) is 0 Å². The van der Waals surface area contributed by atoms with Crippen molar-refractivity contribution in [1.29, 1.82) is 0 Å². The van der Waals surface area contributed by atoms with Crippen molar-refractivity contribution in [3.8, 4) is 11.1 Å². The molecule has 0 aromatic heterocycles. The van der Waals surface area contributed by atoms with Crippen molar-refractivity contribution in [2.24, 2.45) is 5.92 Å². The third-order valence-electron chi connectivity index (χ3n) is 11.5. The molecule has 2 amide bonds. The number of aliphatic hydroxyl groups is 1. The van der Waals surface area contributed by atoms with Gasteiger partial charge in [0, 0.05) is 37.0 Å². The van der Waals surface area contributed by atoms with Crippen LogP contribution in [0, 0.1) is 5.92 Å². The molecule has 0 radical (unpaired) electrons. The minimum absolute atomic E-state index is 0.0173. The Hall–Kier alpha value is -5.84. The van der Waals surface area contributed by atoms with E-state index < -0.39 is 24.3 Å². The van der Waals surface area contributed by atoms with Crippen LogP contribution in [0.25, 0.3) is 21.9 Å². The summed E-state index contributed by atoms with van der Waals surface area (Å²) in [5.74, 6) is -0.473. The molecule has 0 aliphatic carbocycles. The Morgan fingerprint density at radius 2 is 1.46 bits per heavy atom. The maximum Gasteiger partial charge on any atom is 0.328 e. The normalized spacial score (nSPS) is 18.9. The van der Waals surface area contributed by atoms with E-state index in [1.807, 2.05) is 91.0 Å². The van der Waals surface area contributed by atoms with E-state index in [0.29, 0.717) is 13.0 Å². The summed E-state index contributed by atoms with van der Waals surface area (Å²) < 4.78 is 18.6. The molecule has 9 nitrogen and oxygen atoms in total. The number of benzene rings is 6. The number of nitrogens with one attached hydrogen (secondary N) is 2. The highest BCUT2D eigenvalue weighted by molar-refractivity contribution is 5.84. The van der Waals surface area contributed by atoms with Crippen LogP contribution in [-0.4, -0.2) is 54.9 Å². The molecule has 1 saturated heterocycles. The highest BCUT2D eigenvalue weighted by Crippen LogP contribution is 2.42. The second-order valence-electron chi connectivity index (χ2n) is 15.4. The van der Waals surface area contributed by atoms with Gasteiger partial charge in [0.2, 0.25) is 0 Å². The highest BCUT2D eigenvalue weighted by atomic mass is 16.7. The van der Waals surface area contributed by atoms with E-state index in [1.54, 1.807) is 0 Å². The molecule has 0 saturated carbocycles. The average Bonchev–Trinajstić information content (AvgIpc) is 3.28. The standard InChI is InChI=1S/C50H53N3O6/c1-33-46(31-53(3)34(2)41-27-22-37-14-8-9-15-42(37)29-41)58-49(59-47(33)39-20-18-36(32-54)19-21-39)40-25-23-38(24-26-40)44-17-11-10-16-43(44)30-51-50(56)52-45(48(55)57-4)28-35-12-6-5-7-13-35/h5-27,29,33-34,45-47,49,54H,28,30-32H2,1-4H3,(H2,51,52,56). The topological polar surface area (TPSA) is 109 Å². The van der Waals surface area contributed by atoms with Gasteiger partial charge in [0.25, 0.3) is 0 Å². The van der Waals surface area contributed by atoms with Gasteiger partial charge in [-0.25, -0.2) is 9.59 Å². The molecular formula is C50H53N3O6. The second kappa shape index (κ2) is 19.3. The number of ether oxygens (including phenoxy) is 3. The largest absolute Gasteiger partial charge is 0.467 e. The van der Waals surface area contributed by atoms with E-state index >= 15 is 0 Å². The van der Waals surface area contributed by atoms with E-state index in [4.69, 9.17) is 14.2 Å². The maximum atomic E-state index is 13.1. The van der Waals surface area contributed by atoms with Crippen molar-refractivity contribution in [2.75, 3.05) is 20.7 Å². The van der Waals surface area contributed by atoms with Crippen LogP contribution in [0.5, 0.6) is 0 Å². The van der Waals surface area contributed by atoms with E-state index in [9.17, 15) is 14.7 Å². The summed E-state index contributed by atoms with van der Waals surface area (Å²) in [6.45, 7) is 5.35. The minimum atomic E-state index is -0.829. The number of fused-ring (bicyclic) bond motifs is 1. The fraction of sp³-hybridized carbons (Fsp3) is 0.280. The summed E-state index contributed by atoms with van der Waals surface area (Å²) in [5, 5.41) is 17.9. The first-order chi connectivity index (χ1) is 28.7. The van der Waals surface area contributed by atoms with Crippen molar-refractivity contribution in [3.63, 3.8) is 0 Å². The predicted octanol–water partition coefficient (Wildman–Crippen LogP) is 9.07. The van der Waals surface area contributed by atoms with Crippen molar-refractivity contribution >= 4 is 22.8 Å². The summed E-state index contributed by atoms with van der Waals surface area (Å²) in [4.78, 5) is 27.9. The number of methoxy groups -OCH3 is 1. The Balaban J connectivity index is 1.06. The lowest BCUT2D eigenvalue weighted by Gasteiger charge is -2.43. The van der Waals surface area contributed by atoms with Gasteiger partial charge >= 0.3 is 12.0 Å². The fourth-order valence-electron chi connectivity index (χ4n) is 7.84. The number of rotatable bonds is 14. The van der Waals surface area contributed by atoms with Crippen molar-refractivity contribution in [1.82, 2.24) is 15.5 Å². The monoisotopic (exact) mass is 791 g/mol. The van der Waals surface area contributed by atoms with Gasteiger partial charge in [-0.1, -0.05) is 146 Å². The molecule has 3 N–H and O–H groups in total. The first-order valence-electron chi connectivity index (χ1n) is 20.2. The molecule has 7 rings (SSSR count). The van der Waals surface area contributed by atoms with Gasteiger partial charge in [0.1, 0.15) is 6.04 Å². The van der Waals surface area contributed by atoms with Crippen LogP contribution in [0.2, 0.25) is 0 Å². The SMILES string of the molecule is COC(=O)C(Cc1ccccc1)NC(=O)NCc1ccccc1-c1ccc(C2OC(CN(C)C(C)c3ccc4ccccc4c3)C(C)C(c3ccc(CO)cc3)O2)cc1. The Labute approximate surface area is 346 Å². The summed E-state index contributed by atoms with van der Waals surface area (Å²) in [6.07, 6.45) is -0.680. The van der Waals surface area contributed by atoms with Gasteiger partial charge in [-0.3, -0.25) is 4.90 Å². The Bertz CT molecular complexity index is 2320. The van der Waals surface area contributed by atoms with Gasteiger partial charge in [0.15, 0.2) is 6.29 Å². The van der Waals surface area contributed by atoms with E-state index in [0.717, 1.165) is 38.9 Å². The molecule has 6 unspecified atom stereocenters. The van der Waals surface area contributed by atoms with Crippen LogP contribution in [0.4, 0.5) is 4.79 Å². The van der Waals surface area contributed by atoms with E-state index in [2.05, 4.69) is 91.0 Å². The number of hydrogen-bond acceptors (Lipinski definition) is 7. The van der Waals surface area contributed by atoms with Crippen LogP contribution >= 0.6 is 0 Å². The van der Waals surface area contributed by atoms with Crippen molar-refractivity contribution in [2.45, 2.75) is 64.0 Å². The number of urea groups is 1. The number of amides is 2. The quantitative estimate of drug-likeness (QED) is 0.0945. The zero-order valence-corrected chi connectivity index (χ0v) is 34.1. The summed E-state index contributed by atoms with van der Waals surface area (Å²) >= 11 is 0. The predicted molar refractivity (Wildman–Crippen MR) is 231 cm³/mol. The van der Waals surface area contributed by atoms with Crippen LogP contribution in [-0.2, 0) is 38.6 Å². The maximum absolute atomic E-state index is 13.1. The molecule has 59 heavy (non-hydrogen) atoms. The lowest BCUT2D eigenvalue weighted by Crippen LogP contribution is -2.47. The molecule has 6 atom stereocenters. The summed E-state index contributed by atoms with van der Waals surface area (Å²) in [6, 6.07) is 47.6. The molecule has 6 aromatic carbocycles. The average molecular weight is 792 g/mol. The fourth-order valence-corrected chi connectivity index (χ4v) is 7.84. The smallest absolute Gasteiger partial charge is 0.328 e. The molecular weight excluding hydrogens is 739 g/mol. The van der Waals surface area contributed by atoms with Gasteiger partial charge < -0.3 is 30.0 Å². The summed E-state index contributed by atoms with van der Waals surface area (Å²) in [7, 11) is 3.47. The number of carbonyl (C=O) groups is 2. The Kier molecular flexibility index (Phi) is 13.5. The molecule has 1 aliphatic rings. The molecule has 1 heterocycles. The molecule has 6 aromatic rings. The zero-order chi connectivity index (χ0) is 41.3. The number of aliphatic hydroxyl groups excluding tert-OH is 1. The van der Waals surface area contributed by atoms with Gasteiger partial charge in [0.05, 0.1) is 25.9 Å². The number of nitrogens with zero attached hydrogens (tertiary/aromatic N) is 1. The first kappa shape index (κ1) is 41.3. The molecule has 1 fully saturated rings. The molecule has 0 spiro atoms. The van der Waals surface area contributed by atoms with Gasteiger partial charge in [-0.15, -0.1) is 0 Å². The third kappa shape index (κ3) is 10.1. The lowest BCUT2D eigenvalue weighted by molar-refractivity contribution is -0.276. The number of likely N-dealkylation sites (N-methyl/N-ethyl adjacent to an activating group) is 1. The number of carbonyl (C=O) groups excluding carboxylic acids is 2. The van der Waals surface area contributed by atoms with Gasteiger partial charge in [-0.2, -0.15) is 0 Å². The second-order valence-corrected chi connectivity index (χ2v) is 15.4. The van der Waals surface area contributed by atoms with Crippen LogP contribution < -0.4 is 10.6 Å². The molecule has 304 valence electrons. The number of hydrogen-bond donors (Lipinski definition) is 3. The zero-order valence-electron chi connectivity index (χ0n) is 34.1. The molecule has 9 heteroatoms. The van der Waals surface area contributed by atoms with E-state index in [1.165, 1.54) is 23.4 Å². The first-order valence-corrected chi connectivity index (χ1v) is 20.2.